The molecule has 0 saturated carbocycles. The minimum atomic E-state index is -0.845. The number of aliphatic hydroxyl groups excluding tert-OH is 2. The molecule has 26 heavy (non-hydrogen) atoms. The highest BCUT2D eigenvalue weighted by Gasteiger charge is 2.11. The van der Waals surface area contributed by atoms with E-state index >= 15 is 0 Å². The van der Waals surface area contributed by atoms with Gasteiger partial charge in [-0.1, -0.05) is 34.1 Å². The summed E-state index contributed by atoms with van der Waals surface area (Å²) < 4.78 is 6.49. The van der Waals surface area contributed by atoms with Gasteiger partial charge in [-0.05, 0) is 43.3 Å². The predicted molar refractivity (Wildman–Crippen MR) is 105 cm³/mol. The van der Waals surface area contributed by atoms with Crippen LogP contribution < -0.4 is 4.74 Å². The zero-order valence-electron chi connectivity index (χ0n) is 14.6. The van der Waals surface area contributed by atoms with Gasteiger partial charge in [0, 0.05) is 28.5 Å². The molecule has 2 aromatic rings. The Morgan fingerprint density at radius 2 is 1.92 bits per heavy atom. The molecule has 4 nitrogen and oxygen atoms in total. The average Bonchev–Trinajstić information content (AvgIpc) is 2.62. The van der Waals surface area contributed by atoms with Crippen LogP contribution in [0.2, 0.25) is 0 Å². The van der Waals surface area contributed by atoms with E-state index < -0.39 is 12.2 Å². The van der Waals surface area contributed by atoms with Gasteiger partial charge in [0.05, 0.1) is 12.2 Å². The first kappa shape index (κ1) is 20.3. The van der Waals surface area contributed by atoms with E-state index in [2.05, 4.69) is 21.7 Å². The molecule has 2 atom stereocenters. The van der Waals surface area contributed by atoms with Crippen LogP contribution in [-0.2, 0) is 0 Å². The van der Waals surface area contributed by atoms with Crippen molar-refractivity contribution < 1.29 is 20.1 Å². The second-order valence-corrected chi connectivity index (χ2v) is 6.98. The lowest BCUT2D eigenvalue weighted by Crippen LogP contribution is -2.07. The molecule has 0 amide bonds. The van der Waals surface area contributed by atoms with Gasteiger partial charge in [0.15, 0.2) is 0 Å². The van der Waals surface area contributed by atoms with Crippen LogP contribution in [0.25, 0.3) is 0 Å². The number of phenolic OH excluding ortho intramolecular Hbond substituents is 1. The summed E-state index contributed by atoms with van der Waals surface area (Å²) in [7, 11) is 0. The van der Waals surface area contributed by atoms with Crippen LogP contribution in [0.3, 0.4) is 0 Å². The molecule has 0 heterocycles. The van der Waals surface area contributed by atoms with E-state index in [0.29, 0.717) is 25.0 Å². The van der Waals surface area contributed by atoms with Crippen molar-refractivity contribution in [3.05, 3.63) is 75.9 Å². The Hall–Kier alpha value is -2.04. The molecule has 2 aromatic carbocycles. The number of phenols is 1. The molecule has 138 valence electrons. The lowest BCUT2D eigenvalue weighted by atomic mass is 10.0. The minimum absolute atomic E-state index is 0.0506. The summed E-state index contributed by atoms with van der Waals surface area (Å²) in [6.07, 6.45) is 1.07. The molecule has 0 aliphatic carbocycles. The summed E-state index contributed by atoms with van der Waals surface area (Å²) in [4.78, 5) is 0. The van der Waals surface area contributed by atoms with Crippen molar-refractivity contribution in [2.45, 2.75) is 32.0 Å². The van der Waals surface area contributed by atoms with Crippen molar-refractivity contribution in [3.63, 3.8) is 0 Å². The highest BCUT2D eigenvalue weighted by Crippen LogP contribution is 2.29. The molecular formula is C21H23BrO4. The maximum atomic E-state index is 10.3. The Balaban J connectivity index is 2.05. The van der Waals surface area contributed by atoms with E-state index in [9.17, 15) is 15.3 Å². The molecule has 5 heteroatoms. The molecule has 3 N–H and O–H groups in total. The molecule has 0 spiro atoms. The first-order chi connectivity index (χ1) is 12.5. The molecule has 0 aromatic heterocycles. The number of benzene rings is 2. The van der Waals surface area contributed by atoms with Gasteiger partial charge in [-0.2, -0.15) is 0 Å². The van der Waals surface area contributed by atoms with Crippen molar-refractivity contribution in [2.75, 3.05) is 6.61 Å². The van der Waals surface area contributed by atoms with Crippen molar-refractivity contribution in [2.24, 2.45) is 0 Å². The van der Waals surface area contributed by atoms with E-state index in [1.54, 1.807) is 25.1 Å². The number of rotatable bonds is 8. The number of hydrogen-bond acceptors (Lipinski definition) is 4. The minimum Gasteiger partial charge on any atom is -0.508 e. The van der Waals surface area contributed by atoms with Gasteiger partial charge in [0.1, 0.15) is 18.1 Å². The number of halogens is 1. The molecule has 0 fully saturated rings. The van der Waals surface area contributed by atoms with Gasteiger partial charge in [0.25, 0.3) is 0 Å². The first-order valence-corrected chi connectivity index (χ1v) is 9.20. The number of aliphatic hydroxyl groups is 2. The van der Waals surface area contributed by atoms with Gasteiger partial charge in [0.2, 0.25) is 0 Å². The lowest BCUT2D eigenvalue weighted by molar-refractivity contribution is 0.177. The van der Waals surface area contributed by atoms with Gasteiger partial charge in [-0.25, -0.2) is 0 Å². The third kappa shape index (κ3) is 6.70. The Labute approximate surface area is 162 Å². The van der Waals surface area contributed by atoms with E-state index in [4.69, 9.17) is 4.74 Å². The average molecular weight is 419 g/mol. The topological polar surface area (TPSA) is 69.9 Å². The third-order valence-electron chi connectivity index (χ3n) is 3.69. The van der Waals surface area contributed by atoms with E-state index in [-0.39, 0.29) is 5.75 Å². The van der Waals surface area contributed by atoms with Crippen LogP contribution in [-0.4, -0.2) is 28.0 Å². The molecular weight excluding hydrogens is 396 g/mol. The quantitative estimate of drug-likeness (QED) is 0.551. The van der Waals surface area contributed by atoms with Gasteiger partial charge in [-0.3, -0.25) is 0 Å². The molecule has 0 aliphatic rings. The highest BCUT2D eigenvalue weighted by atomic mass is 79.9. The zero-order valence-corrected chi connectivity index (χ0v) is 16.2. The summed E-state index contributed by atoms with van der Waals surface area (Å²) in [6.45, 7) is 2.02. The largest absolute Gasteiger partial charge is 0.508 e. The van der Waals surface area contributed by atoms with Crippen molar-refractivity contribution in [1.82, 2.24) is 0 Å². The smallest absolute Gasteiger partial charge is 0.121 e. The van der Waals surface area contributed by atoms with Crippen molar-refractivity contribution in [3.8, 4) is 11.5 Å². The summed E-state index contributed by atoms with van der Waals surface area (Å²) in [6, 6.07) is 14.4. The Morgan fingerprint density at radius 3 is 2.62 bits per heavy atom. The molecule has 0 saturated heterocycles. The fourth-order valence-electron chi connectivity index (χ4n) is 2.44. The van der Waals surface area contributed by atoms with Crippen LogP contribution >= 0.6 is 15.9 Å². The number of hydrogen-bond donors (Lipinski definition) is 3. The standard InChI is InChI=1S/C21H23BrO4/c1-15(23)12-16(14-26-18-7-3-2-4-8-18)6-5-9-20(24)19-13-17(22)10-11-21(19)25/h2-5,7-8,10-11,13,15,20,23-25H,9,12,14H2,1H3/t6?,15-,20+/m0/s1. The van der Waals surface area contributed by atoms with Crippen LogP contribution in [0.1, 0.15) is 31.4 Å². The normalized spacial score (nSPS) is 12.8. The third-order valence-corrected chi connectivity index (χ3v) is 4.19. The maximum absolute atomic E-state index is 10.3. The predicted octanol–water partition coefficient (Wildman–Crippen LogP) is 4.51. The highest BCUT2D eigenvalue weighted by molar-refractivity contribution is 9.10. The molecule has 0 bridgehead atoms. The van der Waals surface area contributed by atoms with E-state index in [0.717, 1.165) is 15.8 Å². The molecule has 2 rings (SSSR count). The second kappa shape index (κ2) is 10.2. The van der Waals surface area contributed by atoms with Crippen molar-refractivity contribution in [1.29, 1.82) is 0 Å². The summed E-state index contributed by atoms with van der Waals surface area (Å²) in [5.74, 6) is 0.797. The number of para-hydroxylation sites is 1. The van der Waals surface area contributed by atoms with Gasteiger partial charge < -0.3 is 20.1 Å². The van der Waals surface area contributed by atoms with Gasteiger partial charge >= 0.3 is 0 Å². The Kier molecular flexibility index (Phi) is 7.95. The SMILES string of the molecule is C[C@H](O)CC(=C=CC[C@@H](O)c1cc(Br)ccc1O)COc1ccccc1. The first-order valence-electron chi connectivity index (χ1n) is 8.41. The molecule has 0 unspecified atom stereocenters. The number of aromatic hydroxyl groups is 1. The van der Waals surface area contributed by atoms with E-state index in [1.807, 2.05) is 30.3 Å². The maximum Gasteiger partial charge on any atom is 0.121 e. The summed E-state index contributed by atoms with van der Waals surface area (Å²) >= 11 is 3.33. The number of ether oxygens (including phenoxy) is 1. The van der Waals surface area contributed by atoms with Crippen molar-refractivity contribution >= 4 is 15.9 Å². The van der Waals surface area contributed by atoms with Crippen LogP contribution in [0.15, 0.2) is 70.4 Å². The Bertz CT molecular complexity index is 765. The Morgan fingerprint density at radius 1 is 1.19 bits per heavy atom. The monoisotopic (exact) mass is 418 g/mol. The summed E-state index contributed by atoms with van der Waals surface area (Å²) in [5, 5.41) is 29.8. The fraction of sp³-hybridized carbons (Fsp3) is 0.286. The van der Waals surface area contributed by atoms with Crippen LogP contribution in [0, 0.1) is 0 Å². The molecule has 0 aliphatic heterocycles. The van der Waals surface area contributed by atoms with Crippen LogP contribution in [0.4, 0.5) is 0 Å². The molecule has 0 radical (unpaired) electrons. The fourth-order valence-corrected chi connectivity index (χ4v) is 2.82. The second-order valence-electron chi connectivity index (χ2n) is 6.06. The zero-order chi connectivity index (χ0) is 18.9. The summed E-state index contributed by atoms with van der Waals surface area (Å²) in [5.41, 5.74) is 4.36. The van der Waals surface area contributed by atoms with Crippen LogP contribution in [0.5, 0.6) is 11.5 Å². The lowest BCUT2D eigenvalue weighted by Gasteiger charge is -2.11. The van der Waals surface area contributed by atoms with E-state index in [1.165, 1.54) is 6.07 Å². The van der Waals surface area contributed by atoms with Gasteiger partial charge in [-0.15, -0.1) is 5.73 Å².